The van der Waals surface area contributed by atoms with E-state index in [1.54, 1.807) is 30.1 Å². The van der Waals surface area contributed by atoms with Crippen LogP contribution in [0.25, 0.3) is 0 Å². The molecule has 0 amide bonds. The Balaban J connectivity index is 2.76. The molecular formula is C14H20ClF3N2. The third-order valence-electron chi connectivity index (χ3n) is 2.93. The first-order valence-electron chi connectivity index (χ1n) is 6.60. The van der Waals surface area contributed by atoms with Crippen molar-refractivity contribution in [2.75, 3.05) is 25.0 Å². The van der Waals surface area contributed by atoms with Crippen LogP contribution < -0.4 is 10.2 Å². The summed E-state index contributed by atoms with van der Waals surface area (Å²) in [5.41, 5.74) is 1.69. The minimum Gasteiger partial charge on any atom is -0.374 e. The lowest BCUT2D eigenvalue weighted by molar-refractivity contribution is -0.132. The molecule has 20 heavy (non-hydrogen) atoms. The molecule has 1 rings (SSSR count). The van der Waals surface area contributed by atoms with E-state index in [9.17, 15) is 13.2 Å². The van der Waals surface area contributed by atoms with E-state index in [2.05, 4.69) is 12.2 Å². The van der Waals surface area contributed by atoms with Gasteiger partial charge in [0.15, 0.2) is 0 Å². The summed E-state index contributed by atoms with van der Waals surface area (Å²) in [6.07, 6.45) is -3.96. The molecule has 114 valence electrons. The highest BCUT2D eigenvalue weighted by Gasteiger charge is 2.27. The van der Waals surface area contributed by atoms with Crippen LogP contribution in [0.3, 0.4) is 0 Å². The zero-order valence-corrected chi connectivity index (χ0v) is 12.5. The zero-order valence-electron chi connectivity index (χ0n) is 11.7. The molecule has 1 aromatic carbocycles. The zero-order chi connectivity index (χ0) is 15.2. The Labute approximate surface area is 122 Å². The van der Waals surface area contributed by atoms with Gasteiger partial charge in [0.25, 0.3) is 0 Å². The maximum atomic E-state index is 12.3. The third-order valence-corrected chi connectivity index (χ3v) is 3.16. The molecular weight excluding hydrogens is 289 g/mol. The summed E-state index contributed by atoms with van der Waals surface area (Å²) in [5.74, 6) is 0. The number of benzene rings is 1. The average Bonchev–Trinajstić information content (AvgIpc) is 2.36. The van der Waals surface area contributed by atoms with Crippen LogP contribution in [0.4, 0.5) is 18.9 Å². The number of hydrogen-bond acceptors (Lipinski definition) is 2. The molecule has 0 spiro atoms. The van der Waals surface area contributed by atoms with Crippen LogP contribution in [0.5, 0.6) is 0 Å². The van der Waals surface area contributed by atoms with Gasteiger partial charge in [-0.1, -0.05) is 18.5 Å². The number of nitrogens with zero attached hydrogens (tertiary/aromatic N) is 1. The summed E-state index contributed by atoms with van der Waals surface area (Å²) in [7, 11) is 1.66. The second kappa shape index (κ2) is 7.74. The van der Waals surface area contributed by atoms with Crippen molar-refractivity contribution in [3.63, 3.8) is 0 Å². The highest BCUT2D eigenvalue weighted by atomic mass is 35.5. The minimum absolute atomic E-state index is 0.0636. The van der Waals surface area contributed by atoms with Crippen molar-refractivity contribution in [1.82, 2.24) is 5.32 Å². The summed E-state index contributed by atoms with van der Waals surface area (Å²) >= 11 is 5.96. The van der Waals surface area contributed by atoms with Crippen molar-refractivity contribution in [2.24, 2.45) is 0 Å². The number of hydrogen-bond donors (Lipinski definition) is 1. The van der Waals surface area contributed by atoms with Crippen LogP contribution in [0.1, 0.15) is 25.3 Å². The van der Waals surface area contributed by atoms with E-state index < -0.39 is 12.6 Å². The number of rotatable bonds is 7. The van der Waals surface area contributed by atoms with Gasteiger partial charge >= 0.3 is 6.18 Å². The topological polar surface area (TPSA) is 15.3 Å². The Bertz CT molecular complexity index is 421. The van der Waals surface area contributed by atoms with E-state index in [1.807, 2.05) is 0 Å². The fraction of sp³-hybridized carbons (Fsp3) is 0.571. The second-order valence-corrected chi connectivity index (χ2v) is 5.17. The summed E-state index contributed by atoms with van der Waals surface area (Å²) in [6, 6.07) is 5.26. The molecule has 0 heterocycles. The van der Waals surface area contributed by atoms with E-state index in [-0.39, 0.29) is 6.54 Å². The van der Waals surface area contributed by atoms with Crippen LogP contribution >= 0.6 is 11.6 Å². The summed E-state index contributed by atoms with van der Waals surface area (Å²) < 4.78 is 36.9. The van der Waals surface area contributed by atoms with Gasteiger partial charge in [-0.15, -0.1) is 0 Å². The van der Waals surface area contributed by atoms with Crippen LogP contribution in [0, 0.1) is 0 Å². The highest BCUT2D eigenvalue weighted by molar-refractivity contribution is 6.30. The van der Waals surface area contributed by atoms with Gasteiger partial charge in [0.05, 0.1) is 6.42 Å². The van der Waals surface area contributed by atoms with E-state index in [1.165, 1.54) is 0 Å². The van der Waals surface area contributed by atoms with Gasteiger partial charge in [-0.25, -0.2) is 0 Å². The largest absolute Gasteiger partial charge is 0.390 e. The average molecular weight is 309 g/mol. The van der Waals surface area contributed by atoms with Crippen LogP contribution in [0.15, 0.2) is 18.2 Å². The SMILES string of the molecule is CCCNCc1cc(Cl)ccc1N(C)CCC(F)(F)F. The van der Waals surface area contributed by atoms with Gasteiger partial charge in [0.1, 0.15) is 0 Å². The predicted molar refractivity (Wildman–Crippen MR) is 77.4 cm³/mol. The second-order valence-electron chi connectivity index (χ2n) is 4.74. The number of halogens is 4. The van der Waals surface area contributed by atoms with Gasteiger partial charge in [-0.3, -0.25) is 0 Å². The lowest BCUT2D eigenvalue weighted by Gasteiger charge is -2.23. The van der Waals surface area contributed by atoms with Gasteiger partial charge in [0, 0.05) is 30.8 Å². The Morgan fingerprint density at radius 1 is 1.30 bits per heavy atom. The standard InChI is InChI=1S/C14H20ClF3N2/c1-3-7-19-10-11-9-12(15)4-5-13(11)20(2)8-6-14(16,17)18/h4-5,9,19H,3,6-8,10H2,1-2H3. The molecule has 1 aromatic rings. The molecule has 1 N–H and O–H groups in total. The minimum atomic E-state index is -4.14. The van der Waals surface area contributed by atoms with Crippen molar-refractivity contribution in [3.8, 4) is 0 Å². The lowest BCUT2D eigenvalue weighted by Crippen LogP contribution is -2.26. The van der Waals surface area contributed by atoms with Crippen molar-refractivity contribution in [2.45, 2.75) is 32.5 Å². The predicted octanol–water partition coefficient (Wildman–Crippen LogP) is 4.23. The molecule has 0 fully saturated rings. The fourth-order valence-corrected chi connectivity index (χ4v) is 2.08. The van der Waals surface area contributed by atoms with Crippen molar-refractivity contribution < 1.29 is 13.2 Å². The Morgan fingerprint density at radius 2 is 2.00 bits per heavy atom. The molecule has 0 atom stereocenters. The molecule has 0 saturated carbocycles. The van der Waals surface area contributed by atoms with Crippen LogP contribution in [-0.4, -0.2) is 26.3 Å². The molecule has 0 radical (unpaired) electrons. The molecule has 6 heteroatoms. The van der Waals surface area contributed by atoms with Gasteiger partial charge in [-0.2, -0.15) is 13.2 Å². The van der Waals surface area contributed by atoms with E-state index in [0.717, 1.165) is 24.2 Å². The molecule has 0 aliphatic carbocycles. The van der Waals surface area contributed by atoms with Crippen LogP contribution in [-0.2, 0) is 6.54 Å². The third kappa shape index (κ3) is 6.01. The molecule has 0 saturated heterocycles. The van der Waals surface area contributed by atoms with Crippen molar-refractivity contribution in [1.29, 1.82) is 0 Å². The molecule has 2 nitrogen and oxygen atoms in total. The number of alkyl halides is 3. The van der Waals surface area contributed by atoms with Gasteiger partial charge < -0.3 is 10.2 Å². The Morgan fingerprint density at radius 3 is 2.60 bits per heavy atom. The normalized spacial score (nSPS) is 11.7. The fourth-order valence-electron chi connectivity index (χ4n) is 1.88. The van der Waals surface area contributed by atoms with Crippen LogP contribution in [0.2, 0.25) is 5.02 Å². The molecule has 0 aliphatic rings. The molecule has 0 bridgehead atoms. The Kier molecular flexibility index (Phi) is 6.62. The summed E-state index contributed by atoms with van der Waals surface area (Å²) in [5, 5.41) is 3.83. The van der Waals surface area contributed by atoms with E-state index in [0.29, 0.717) is 11.6 Å². The van der Waals surface area contributed by atoms with Gasteiger partial charge in [-0.05, 0) is 36.7 Å². The molecule has 0 aliphatic heterocycles. The van der Waals surface area contributed by atoms with Crippen molar-refractivity contribution in [3.05, 3.63) is 28.8 Å². The maximum Gasteiger partial charge on any atom is 0.390 e. The number of anilines is 1. The van der Waals surface area contributed by atoms with E-state index in [4.69, 9.17) is 11.6 Å². The maximum absolute atomic E-state index is 12.3. The Hall–Kier alpha value is -0.940. The lowest BCUT2D eigenvalue weighted by atomic mass is 10.1. The number of nitrogens with one attached hydrogen (secondary N) is 1. The van der Waals surface area contributed by atoms with Gasteiger partial charge in [0.2, 0.25) is 0 Å². The first-order chi connectivity index (χ1) is 9.33. The first-order valence-corrected chi connectivity index (χ1v) is 6.98. The molecule has 0 aromatic heterocycles. The quantitative estimate of drug-likeness (QED) is 0.758. The highest BCUT2D eigenvalue weighted by Crippen LogP contribution is 2.26. The van der Waals surface area contributed by atoms with E-state index >= 15 is 0 Å². The smallest absolute Gasteiger partial charge is 0.374 e. The first kappa shape index (κ1) is 17.1. The molecule has 0 unspecified atom stereocenters. The summed E-state index contributed by atoms with van der Waals surface area (Å²) in [6.45, 7) is 3.45. The monoisotopic (exact) mass is 308 g/mol. The van der Waals surface area contributed by atoms with Crippen molar-refractivity contribution >= 4 is 17.3 Å². The summed E-state index contributed by atoms with van der Waals surface area (Å²) in [4.78, 5) is 1.62.